The predicted molar refractivity (Wildman–Crippen MR) is 125 cm³/mol. The maximum atomic E-state index is 13.3. The molecule has 1 fully saturated rings. The van der Waals surface area contributed by atoms with Crippen LogP contribution in [0.3, 0.4) is 0 Å². The Kier molecular flexibility index (Phi) is 6.93. The molecule has 170 valence electrons. The number of ether oxygens (including phenoxy) is 1. The summed E-state index contributed by atoms with van der Waals surface area (Å²) in [5, 5.41) is 12.6. The lowest BCUT2D eigenvalue weighted by molar-refractivity contribution is -0.908. The number of nitrogens with one attached hydrogen (secondary N) is 1. The van der Waals surface area contributed by atoms with Crippen LogP contribution < -0.4 is 9.80 Å². The fraction of sp³-hybridized carbons (Fsp3) is 0.417. The Morgan fingerprint density at radius 1 is 1.22 bits per heavy atom. The van der Waals surface area contributed by atoms with Gasteiger partial charge in [0.25, 0.3) is 5.91 Å². The third-order valence-electron chi connectivity index (χ3n) is 6.15. The van der Waals surface area contributed by atoms with E-state index in [2.05, 4.69) is 0 Å². The SMILES string of the molecule is CN(C)c1ccc([C@H]2C(C(=O)c3cccs3)=C(O)C(=O)N2CCC[NH+]2CCOCC2)cc1. The molecule has 0 unspecified atom stereocenters. The Balaban J connectivity index is 1.60. The summed E-state index contributed by atoms with van der Waals surface area (Å²) in [7, 11) is 3.93. The molecular weight excluding hydrogens is 426 g/mol. The van der Waals surface area contributed by atoms with Gasteiger partial charge in [0.2, 0.25) is 5.78 Å². The summed E-state index contributed by atoms with van der Waals surface area (Å²) in [6, 6.07) is 10.8. The first-order chi connectivity index (χ1) is 15.5. The summed E-state index contributed by atoms with van der Waals surface area (Å²) in [4.78, 5) is 32.0. The number of carbonyl (C=O) groups is 2. The molecule has 1 aromatic carbocycles. The first kappa shape index (κ1) is 22.5. The molecule has 7 nitrogen and oxygen atoms in total. The second-order valence-corrected chi connectivity index (χ2v) is 9.37. The van der Waals surface area contributed by atoms with Crippen molar-refractivity contribution in [3.63, 3.8) is 0 Å². The third kappa shape index (κ3) is 4.57. The van der Waals surface area contributed by atoms with E-state index in [0.717, 1.165) is 50.5 Å². The summed E-state index contributed by atoms with van der Waals surface area (Å²) >= 11 is 1.32. The highest BCUT2D eigenvalue weighted by molar-refractivity contribution is 7.12. The number of hydrogen-bond acceptors (Lipinski definition) is 6. The minimum absolute atomic E-state index is 0.175. The fourth-order valence-electron chi connectivity index (χ4n) is 4.37. The molecule has 1 aromatic heterocycles. The summed E-state index contributed by atoms with van der Waals surface area (Å²) in [5.41, 5.74) is 2.03. The Hall–Kier alpha value is -2.68. The highest BCUT2D eigenvalue weighted by Crippen LogP contribution is 2.39. The van der Waals surface area contributed by atoms with Gasteiger partial charge in [0.1, 0.15) is 13.1 Å². The van der Waals surface area contributed by atoms with Gasteiger partial charge in [0, 0.05) is 32.7 Å². The molecule has 0 radical (unpaired) electrons. The second kappa shape index (κ2) is 9.85. The molecule has 2 aromatic rings. The number of carbonyl (C=O) groups excluding carboxylic acids is 2. The summed E-state index contributed by atoms with van der Waals surface area (Å²) in [6.45, 7) is 4.87. The van der Waals surface area contributed by atoms with Gasteiger partial charge in [0.05, 0.1) is 36.3 Å². The maximum Gasteiger partial charge on any atom is 0.290 e. The zero-order chi connectivity index (χ0) is 22.7. The standard InChI is InChI=1S/C24H29N3O4S/c1-25(2)18-8-6-17(7-9-18)21-20(22(28)19-5-3-16-32-19)23(29)24(30)27(21)11-4-10-26-12-14-31-15-13-26/h3,5-9,16,21,29H,4,10-15H2,1-2H3/p+1/t21-/m0/s1. The molecule has 2 N–H and O–H groups in total. The lowest BCUT2D eigenvalue weighted by Gasteiger charge is -2.29. The fourth-order valence-corrected chi connectivity index (χ4v) is 5.05. The van der Waals surface area contributed by atoms with Crippen LogP contribution in [0.4, 0.5) is 5.69 Å². The van der Waals surface area contributed by atoms with Crippen molar-refractivity contribution in [2.45, 2.75) is 12.5 Å². The second-order valence-electron chi connectivity index (χ2n) is 8.42. The molecule has 0 saturated carbocycles. The molecule has 0 bridgehead atoms. The zero-order valence-electron chi connectivity index (χ0n) is 18.5. The van der Waals surface area contributed by atoms with E-state index >= 15 is 0 Å². The molecule has 2 aliphatic rings. The molecule has 1 atom stereocenters. The van der Waals surface area contributed by atoms with E-state index in [0.29, 0.717) is 11.4 Å². The van der Waals surface area contributed by atoms with Crippen molar-refractivity contribution in [3.05, 3.63) is 63.6 Å². The monoisotopic (exact) mass is 456 g/mol. The number of benzene rings is 1. The molecule has 1 amide bonds. The molecule has 0 aliphatic carbocycles. The van der Waals surface area contributed by atoms with Crippen molar-refractivity contribution in [1.82, 2.24) is 4.90 Å². The van der Waals surface area contributed by atoms with Crippen LogP contribution in [-0.4, -0.2) is 75.2 Å². The normalized spacial score (nSPS) is 19.6. The number of quaternary nitrogens is 1. The molecule has 32 heavy (non-hydrogen) atoms. The van der Waals surface area contributed by atoms with Gasteiger partial charge in [-0.05, 0) is 29.1 Å². The Bertz CT molecular complexity index is 979. The smallest absolute Gasteiger partial charge is 0.290 e. The molecule has 3 heterocycles. The van der Waals surface area contributed by atoms with Crippen molar-refractivity contribution in [2.24, 2.45) is 0 Å². The van der Waals surface area contributed by atoms with Crippen LogP contribution in [0.25, 0.3) is 0 Å². The van der Waals surface area contributed by atoms with Crippen molar-refractivity contribution < 1.29 is 24.3 Å². The Morgan fingerprint density at radius 3 is 2.56 bits per heavy atom. The van der Waals surface area contributed by atoms with Crippen LogP contribution >= 0.6 is 11.3 Å². The minimum atomic E-state index is -0.590. The van der Waals surface area contributed by atoms with Gasteiger partial charge in [-0.2, -0.15) is 0 Å². The molecule has 2 aliphatic heterocycles. The van der Waals surface area contributed by atoms with E-state index in [9.17, 15) is 14.7 Å². The van der Waals surface area contributed by atoms with E-state index < -0.39 is 17.7 Å². The van der Waals surface area contributed by atoms with E-state index in [4.69, 9.17) is 4.74 Å². The number of rotatable bonds is 8. The van der Waals surface area contributed by atoms with Crippen molar-refractivity contribution >= 4 is 28.7 Å². The van der Waals surface area contributed by atoms with Gasteiger partial charge >= 0.3 is 0 Å². The highest BCUT2D eigenvalue weighted by atomic mass is 32.1. The van der Waals surface area contributed by atoms with Gasteiger partial charge in [0.15, 0.2) is 5.76 Å². The minimum Gasteiger partial charge on any atom is -0.503 e. The number of aliphatic hydroxyl groups excluding tert-OH is 1. The number of nitrogens with zero attached hydrogens (tertiary/aromatic N) is 2. The molecular formula is C24H30N3O4S+. The Labute approximate surface area is 192 Å². The van der Waals surface area contributed by atoms with Gasteiger partial charge < -0.3 is 24.5 Å². The zero-order valence-corrected chi connectivity index (χ0v) is 19.4. The third-order valence-corrected chi connectivity index (χ3v) is 7.02. The van der Waals surface area contributed by atoms with Crippen LogP contribution in [-0.2, 0) is 9.53 Å². The van der Waals surface area contributed by atoms with Crippen molar-refractivity contribution in [3.8, 4) is 0 Å². The topological polar surface area (TPSA) is 74.5 Å². The van der Waals surface area contributed by atoms with Crippen molar-refractivity contribution in [2.75, 3.05) is 58.4 Å². The van der Waals surface area contributed by atoms with Crippen LogP contribution in [0.1, 0.15) is 27.7 Å². The van der Waals surface area contributed by atoms with E-state index in [1.807, 2.05) is 48.6 Å². The lowest BCUT2D eigenvalue weighted by Crippen LogP contribution is -3.14. The van der Waals surface area contributed by atoms with Crippen molar-refractivity contribution in [1.29, 1.82) is 0 Å². The largest absolute Gasteiger partial charge is 0.503 e. The van der Waals surface area contributed by atoms with E-state index in [-0.39, 0.29) is 11.4 Å². The van der Waals surface area contributed by atoms with Crippen LogP contribution in [0.15, 0.2) is 53.1 Å². The maximum absolute atomic E-state index is 13.3. The lowest BCUT2D eigenvalue weighted by atomic mass is 9.95. The molecule has 1 saturated heterocycles. The Morgan fingerprint density at radius 2 is 1.94 bits per heavy atom. The first-order valence-corrected chi connectivity index (χ1v) is 11.9. The highest BCUT2D eigenvalue weighted by Gasteiger charge is 2.43. The molecule has 0 spiro atoms. The predicted octanol–water partition coefficient (Wildman–Crippen LogP) is 1.70. The number of morpholine rings is 1. The van der Waals surface area contributed by atoms with Crippen LogP contribution in [0.5, 0.6) is 0 Å². The summed E-state index contributed by atoms with van der Waals surface area (Å²) < 4.78 is 5.42. The number of thiophene rings is 1. The van der Waals surface area contributed by atoms with E-state index in [1.54, 1.807) is 17.0 Å². The summed E-state index contributed by atoms with van der Waals surface area (Å²) in [6.07, 6.45) is 0.793. The van der Waals surface area contributed by atoms with E-state index in [1.165, 1.54) is 16.2 Å². The number of amides is 1. The van der Waals surface area contributed by atoms with Gasteiger partial charge in [-0.25, -0.2) is 0 Å². The summed E-state index contributed by atoms with van der Waals surface area (Å²) in [5.74, 6) is -1.18. The van der Waals surface area contributed by atoms with Crippen LogP contribution in [0, 0.1) is 0 Å². The number of anilines is 1. The quantitative estimate of drug-likeness (QED) is 0.592. The van der Waals surface area contributed by atoms with Gasteiger partial charge in [-0.1, -0.05) is 18.2 Å². The first-order valence-electron chi connectivity index (χ1n) is 11.0. The average molecular weight is 457 g/mol. The number of aliphatic hydroxyl groups is 1. The number of Topliss-reactive ketones (excluding diaryl/α,β-unsaturated/α-hetero) is 1. The number of ketones is 1. The van der Waals surface area contributed by atoms with Gasteiger partial charge in [-0.3, -0.25) is 9.59 Å². The molecule has 8 heteroatoms. The molecule has 4 rings (SSSR count). The number of hydrogen-bond donors (Lipinski definition) is 2. The van der Waals surface area contributed by atoms with Gasteiger partial charge in [-0.15, -0.1) is 11.3 Å². The average Bonchev–Trinajstić information content (AvgIpc) is 3.43. The van der Waals surface area contributed by atoms with Crippen LogP contribution in [0.2, 0.25) is 0 Å².